The molecule has 2 aliphatic carbocycles. The average molecular weight is 423 g/mol. The number of rotatable bonds is 5. The highest BCUT2D eigenvalue weighted by Crippen LogP contribution is 2.55. The molecule has 0 bridgehead atoms. The van der Waals surface area contributed by atoms with Gasteiger partial charge in [-0.05, 0) is 71.1 Å². The normalized spacial score (nSPS) is 26.3. The largest absolute Gasteiger partial charge is 0.467 e. The van der Waals surface area contributed by atoms with Gasteiger partial charge in [0, 0.05) is 18.9 Å². The van der Waals surface area contributed by atoms with Crippen LogP contribution in [-0.4, -0.2) is 60.0 Å². The number of likely N-dealkylation sites (tertiary alicyclic amines) is 1. The van der Waals surface area contributed by atoms with Gasteiger partial charge in [0.25, 0.3) is 0 Å². The first-order valence-corrected chi connectivity index (χ1v) is 10.9. The van der Waals surface area contributed by atoms with Crippen LogP contribution in [0.3, 0.4) is 0 Å². The number of Topliss-reactive ketones (excluding diaryl/α,β-unsaturated/α-hetero) is 1. The fourth-order valence-electron chi connectivity index (χ4n) is 4.59. The second-order valence-electron chi connectivity index (χ2n) is 10.0. The maximum Gasteiger partial charge on any atom is 0.410 e. The predicted molar refractivity (Wildman–Crippen MR) is 109 cm³/mol. The minimum Gasteiger partial charge on any atom is -0.467 e. The molecule has 30 heavy (non-hydrogen) atoms. The van der Waals surface area contributed by atoms with E-state index in [0.717, 1.165) is 32.1 Å². The Kier molecular flexibility index (Phi) is 6.43. The number of carbonyl (C=O) groups is 4. The van der Waals surface area contributed by atoms with E-state index in [1.54, 1.807) is 20.8 Å². The van der Waals surface area contributed by atoms with E-state index in [2.05, 4.69) is 5.32 Å². The van der Waals surface area contributed by atoms with Crippen molar-refractivity contribution in [1.29, 1.82) is 0 Å². The molecule has 0 aromatic carbocycles. The zero-order chi connectivity index (χ0) is 22.1. The summed E-state index contributed by atoms with van der Waals surface area (Å²) in [7, 11) is 1.27. The van der Waals surface area contributed by atoms with Crippen LogP contribution in [0, 0.1) is 11.3 Å². The summed E-state index contributed by atoms with van der Waals surface area (Å²) in [6, 6.07) is -1.59. The molecule has 1 saturated heterocycles. The Balaban J connectivity index is 1.72. The number of hydrogen-bond donors (Lipinski definition) is 1. The molecule has 8 heteroatoms. The zero-order valence-corrected chi connectivity index (χ0v) is 18.5. The highest BCUT2D eigenvalue weighted by Gasteiger charge is 2.52. The molecule has 2 saturated carbocycles. The van der Waals surface area contributed by atoms with Crippen molar-refractivity contribution in [3.63, 3.8) is 0 Å². The molecule has 0 aromatic rings. The van der Waals surface area contributed by atoms with E-state index in [0.29, 0.717) is 19.4 Å². The van der Waals surface area contributed by atoms with Gasteiger partial charge in [0.05, 0.1) is 7.11 Å². The van der Waals surface area contributed by atoms with Crippen molar-refractivity contribution >= 4 is 23.8 Å². The third kappa shape index (κ3) is 5.32. The third-order valence-corrected chi connectivity index (χ3v) is 6.53. The summed E-state index contributed by atoms with van der Waals surface area (Å²) in [5.74, 6) is -1.06. The predicted octanol–water partition coefficient (Wildman–Crippen LogP) is 2.58. The highest BCUT2D eigenvalue weighted by atomic mass is 16.6. The van der Waals surface area contributed by atoms with Crippen molar-refractivity contribution < 1.29 is 28.7 Å². The van der Waals surface area contributed by atoms with Crippen molar-refractivity contribution in [1.82, 2.24) is 10.2 Å². The van der Waals surface area contributed by atoms with Crippen LogP contribution in [0.15, 0.2) is 0 Å². The van der Waals surface area contributed by atoms with Gasteiger partial charge >= 0.3 is 12.1 Å². The summed E-state index contributed by atoms with van der Waals surface area (Å²) in [6.45, 7) is 5.83. The summed E-state index contributed by atoms with van der Waals surface area (Å²) in [5.41, 5.74) is -0.549. The van der Waals surface area contributed by atoms with Crippen LogP contribution in [0.2, 0.25) is 0 Å². The lowest BCUT2D eigenvalue weighted by molar-refractivity contribution is -0.146. The van der Waals surface area contributed by atoms with Crippen molar-refractivity contribution in [2.24, 2.45) is 11.3 Å². The van der Waals surface area contributed by atoms with Gasteiger partial charge in [-0.15, -0.1) is 0 Å². The molecule has 1 spiro atoms. The summed E-state index contributed by atoms with van der Waals surface area (Å²) >= 11 is 0. The van der Waals surface area contributed by atoms with E-state index in [-0.39, 0.29) is 29.4 Å². The van der Waals surface area contributed by atoms with Gasteiger partial charge in [-0.1, -0.05) is 0 Å². The fraction of sp³-hybridized carbons (Fsp3) is 0.818. The second kappa shape index (κ2) is 8.55. The Hall–Kier alpha value is -2.12. The summed E-state index contributed by atoms with van der Waals surface area (Å²) in [5, 5.41) is 2.78. The summed E-state index contributed by atoms with van der Waals surface area (Å²) < 4.78 is 10.4. The van der Waals surface area contributed by atoms with Gasteiger partial charge in [0.15, 0.2) is 0 Å². The molecule has 3 atom stereocenters. The number of ether oxygens (including phenoxy) is 2. The number of methoxy groups -OCH3 is 1. The molecular weight excluding hydrogens is 388 g/mol. The first kappa shape index (κ1) is 22.6. The maximum absolute atomic E-state index is 13.2. The van der Waals surface area contributed by atoms with Crippen LogP contribution in [0.4, 0.5) is 4.79 Å². The first-order valence-electron chi connectivity index (χ1n) is 10.9. The van der Waals surface area contributed by atoms with Gasteiger partial charge in [-0.2, -0.15) is 0 Å². The SMILES string of the molecule is COC(=O)[C@H](C[C@@H]1CCCC1=O)NC(=O)[C@@H]1CC2(CCN1C(=O)OC(C)(C)C)CC2. The Bertz CT molecular complexity index is 709. The lowest BCUT2D eigenvalue weighted by Gasteiger charge is -2.39. The van der Waals surface area contributed by atoms with Crippen LogP contribution in [0.1, 0.15) is 72.1 Å². The lowest BCUT2D eigenvalue weighted by Crippen LogP contribution is -2.57. The topological polar surface area (TPSA) is 102 Å². The standard InChI is InChI=1S/C22H34N2O6/c1-21(2,3)30-20(28)24-11-10-22(8-9-22)13-16(24)18(26)23-15(19(27)29-4)12-14-6-5-7-17(14)25/h14-16H,5-13H2,1-4H3,(H,23,26)/t14-,15-,16-/m0/s1. The van der Waals surface area contributed by atoms with Crippen molar-refractivity contribution in [3.05, 3.63) is 0 Å². The molecule has 1 N–H and O–H groups in total. The van der Waals surface area contributed by atoms with Crippen LogP contribution < -0.4 is 5.32 Å². The number of esters is 1. The minimum atomic E-state index is -0.896. The van der Waals surface area contributed by atoms with Gasteiger partial charge in [-0.25, -0.2) is 9.59 Å². The fourth-order valence-corrected chi connectivity index (χ4v) is 4.59. The van der Waals surface area contributed by atoms with Crippen LogP contribution in [0.5, 0.6) is 0 Å². The van der Waals surface area contributed by atoms with Gasteiger partial charge in [0.1, 0.15) is 23.5 Å². The van der Waals surface area contributed by atoms with E-state index in [1.165, 1.54) is 12.0 Å². The van der Waals surface area contributed by atoms with Crippen molar-refractivity contribution in [2.45, 2.75) is 89.8 Å². The van der Waals surface area contributed by atoms with Gasteiger partial charge in [0.2, 0.25) is 5.91 Å². The molecule has 3 fully saturated rings. The Morgan fingerprint density at radius 2 is 1.93 bits per heavy atom. The second-order valence-corrected chi connectivity index (χ2v) is 10.0. The van der Waals surface area contributed by atoms with Crippen LogP contribution >= 0.6 is 0 Å². The highest BCUT2D eigenvalue weighted by molar-refractivity contribution is 5.90. The van der Waals surface area contributed by atoms with E-state index >= 15 is 0 Å². The number of hydrogen-bond acceptors (Lipinski definition) is 6. The van der Waals surface area contributed by atoms with E-state index in [9.17, 15) is 19.2 Å². The monoisotopic (exact) mass is 422 g/mol. The zero-order valence-electron chi connectivity index (χ0n) is 18.5. The van der Waals surface area contributed by atoms with E-state index in [4.69, 9.17) is 9.47 Å². The smallest absolute Gasteiger partial charge is 0.410 e. The molecular formula is C22H34N2O6. The molecule has 3 aliphatic rings. The maximum atomic E-state index is 13.2. The van der Waals surface area contributed by atoms with Crippen molar-refractivity contribution in [2.75, 3.05) is 13.7 Å². The molecule has 1 heterocycles. The molecule has 0 radical (unpaired) electrons. The number of nitrogens with one attached hydrogen (secondary N) is 1. The lowest BCUT2D eigenvalue weighted by atomic mass is 9.87. The van der Waals surface area contributed by atoms with E-state index in [1.807, 2.05) is 0 Å². The molecule has 2 amide bonds. The van der Waals surface area contributed by atoms with Gasteiger partial charge in [-0.3, -0.25) is 14.5 Å². The molecule has 3 rings (SSSR count). The number of nitrogens with zero attached hydrogens (tertiary/aromatic N) is 1. The van der Waals surface area contributed by atoms with E-state index < -0.39 is 29.7 Å². The Morgan fingerprint density at radius 1 is 1.23 bits per heavy atom. The molecule has 168 valence electrons. The summed E-state index contributed by atoms with van der Waals surface area (Å²) in [6.07, 6.45) is 5.29. The van der Waals surface area contributed by atoms with Crippen LogP contribution in [0.25, 0.3) is 0 Å². The average Bonchev–Trinajstić information content (AvgIpc) is 3.29. The number of ketones is 1. The Morgan fingerprint density at radius 3 is 2.47 bits per heavy atom. The van der Waals surface area contributed by atoms with Crippen molar-refractivity contribution in [3.8, 4) is 0 Å². The Labute approximate surface area is 178 Å². The molecule has 8 nitrogen and oxygen atoms in total. The minimum absolute atomic E-state index is 0.114. The number of amides is 2. The molecule has 1 aliphatic heterocycles. The first-order chi connectivity index (χ1) is 14.0. The van der Waals surface area contributed by atoms with Crippen LogP contribution in [-0.2, 0) is 23.9 Å². The number of carbonyl (C=O) groups excluding carboxylic acids is 4. The molecule has 0 unspecified atom stereocenters. The quantitative estimate of drug-likeness (QED) is 0.683. The molecule has 0 aromatic heterocycles. The number of piperidine rings is 1. The third-order valence-electron chi connectivity index (χ3n) is 6.53. The van der Waals surface area contributed by atoms with Gasteiger partial charge < -0.3 is 14.8 Å². The summed E-state index contributed by atoms with van der Waals surface area (Å²) in [4.78, 5) is 51.8.